The molecule has 0 saturated heterocycles. The van der Waals surface area contributed by atoms with Crippen LogP contribution in [0.1, 0.15) is 10.4 Å². The van der Waals surface area contributed by atoms with Crippen LogP contribution in [0.5, 0.6) is 5.75 Å². The molecule has 0 atom stereocenters. The van der Waals surface area contributed by atoms with E-state index >= 15 is 0 Å². The Morgan fingerprint density at radius 2 is 1.71 bits per heavy atom. The van der Waals surface area contributed by atoms with Gasteiger partial charge in [0.15, 0.2) is 11.2 Å². The van der Waals surface area contributed by atoms with Crippen LogP contribution in [0.4, 0.5) is 0 Å². The van der Waals surface area contributed by atoms with E-state index in [0.29, 0.717) is 22.5 Å². The summed E-state index contributed by atoms with van der Waals surface area (Å²) in [5.41, 5.74) is 2.71. The zero-order valence-corrected chi connectivity index (χ0v) is 12.7. The Kier molecular flexibility index (Phi) is 3.20. The van der Waals surface area contributed by atoms with Crippen LogP contribution in [0.15, 0.2) is 62.4 Å². The minimum atomic E-state index is -0.464. The Hall–Kier alpha value is -3.34. The summed E-state index contributed by atoms with van der Waals surface area (Å²) in [5.74, 6) is 0.385. The van der Waals surface area contributed by atoms with E-state index in [1.165, 1.54) is 13.2 Å². The number of hydrogen-bond donors (Lipinski definition) is 0. The van der Waals surface area contributed by atoms with Crippen molar-refractivity contribution in [1.29, 1.82) is 0 Å². The Morgan fingerprint density at radius 3 is 2.42 bits per heavy atom. The molecule has 2 aromatic heterocycles. The normalized spacial score (nSPS) is 11.0. The number of ether oxygens (including phenoxy) is 1. The monoisotopic (exact) mass is 320 g/mol. The Bertz CT molecular complexity index is 1120. The lowest BCUT2D eigenvalue weighted by Crippen LogP contribution is -1.98. The molecule has 0 aliphatic heterocycles. The van der Waals surface area contributed by atoms with Gasteiger partial charge in [-0.1, -0.05) is 24.3 Å². The van der Waals surface area contributed by atoms with Gasteiger partial charge in [-0.3, -0.25) is 4.79 Å². The zero-order chi connectivity index (χ0) is 16.7. The third-order valence-corrected chi connectivity index (χ3v) is 3.99. The quantitative estimate of drug-likeness (QED) is 0.421. The van der Waals surface area contributed by atoms with Crippen LogP contribution < -0.4 is 10.4 Å². The minimum Gasteiger partial charge on any atom is -0.490 e. The fourth-order valence-electron chi connectivity index (χ4n) is 2.94. The Morgan fingerprint density at radius 1 is 0.958 bits per heavy atom. The third kappa shape index (κ3) is 2.02. The molecule has 0 aliphatic carbocycles. The van der Waals surface area contributed by atoms with E-state index in [0.717, 1.165) is 28.2 Å². The van der Waals surface area contributed by atoms with E-state index in [1.807, 2.05) is 18.2 Å². The van der Waals surface area contributed by atoms with Gasteiger partial charge >= 0.3 is 5.63 Å². The molecule has 2 aromatic carbocycles. The van der Waals surface area contributed by atoms with Gasteiger partial charge in [-0.25, -0.2) is 4.79 Å². The van der Waals surface area contributed by atoms with Gasteiger partial charge in [0, 0.05) is 28.0 Å². The lowest BCUT2D eigenvalue weighted by atomic mass is 9.96. The predicted molar refractivity (Wildman–Crippen MR) is 89.6 cm³/mol. The first-order valence-corrected chi connectivity index (χ1v) is 7.29. The number of methoxy groups -OCH3 is 1. The van der Waals surface area contributed by atoms with Crippen LogP contribution in [0.2, 0.25) is 0 Å². The largest absolute Gasteiger partial charge is 0.490 e. The molecule has 5 heteroatoms. The summed E-state index contributed by atoms with van der Waals surface area (Å²) in [7, 11) is 1.50. The molecule has 0 bridgehead atoms. The number of carbonyl (C=O) groups is 1. The molecule has 0 unspecified atom stereocenters. The van der Waals surface area contributed by atoms with E-state index in [2.05, 4.69) is 0 Å². The number of hydrogen-bond acceptors (Lipinski definition) is 5. The van der Waals surface area contributed by atoms with E-state index in [4.69, 9.17) is 13.6 Å². The molecule has 0 amide bonds. The van der Waals surface area contributed by atoms with Gasteiger partial charge in [0.2, 0.25) is 5.75 Å². The lowest BCUT2D eigenvalue weighted by Gasteiger charge is -2.11. The highest BCUT2D eigenvalue weighted by molar-refractivity contribution is 6.13. The first-order chi connectivity index (χ1) is 11.7. The molecule has 5 nitrogen and oxygen atoms in total. The van der Waals surface area contributed by atoms with Crippen LogP contribution in [-0.2, 0) is 0 Å². The fourth-order valence-corrected chi connectivity index (χ4v) is 2.94. The van der Waals surface area contributed by atoms with Gasteiger partial charge in [-0.15, -0.1) is 0 Å². The van der Waals surface area contributed by atoms with Crippen LogP contribution >= 0.6 is 0 Å². The Labute approximate surface area is 136 Å². The summed E-state index contributed by atoms with van der Waals surface area (Å²) in [4.78, 5) is 22.5. The molecule has 2 heterocycles. The van der Waals surface area contributed by atoms with Gasteiger partial charge in [0.25, 0.3) is 0 Å². The van der Waals surface area contributed by atoms with E-state index < -0.39 is 5.63 Å². The first kappa shape index (κ1) is 14.3. The van der Waals surface area contributed by atoms with Crippen molar-refractivity contribution in [1.82, 2.24) is 0 Å². The molecule has 0 radical (unpaired) electrons. The summed E-state index contributed by atoms with van der Waals surface area (Å²) < 4.78 is 16.3. The zero-order valence-electron chi connectivity index (χ0n) is 12.7. The van der Waals surface area contributed by atoms with Crippen LogP contribution in [-0.4, -0.2) is 13.4 Å². The number of carbonyl (C=O) groups excluding carboxylic acids is 1. The molecule has 24 heavy (non-hydrogen) atoms. The highest BCUT2D eigenvalue weighted by atomic mass is 16.5. The first-order valence-electron chi connectivity index (χ1n) is 7.29. The standard InChI is InChI=1S/C19H12O5/c1-22-19-17-14(8-9-23-17)16(12-4-2-11(10-20)3-5-12)13-6-7-15(21)24-18(13)19/h2-10H,1H3. The molecule has 0 aliphatic rings. The average molecular weight is 320 g/mol. The smallest absolute Gasteiger partial charge is 0.336 e. The molecule has 4 rings (SSSR count). The van der Waals surface area contributed by atoms with Gasteiger partial charge in [-0.2, -0.15) is 0 Å². The highest BCUT2D eigenvalue weighted by Crippen LogP contribution is 2.42. The maximum atomic E-state index is 11.7. The Balaban J connectivity index is 2.17. The summed E-state index contributed by atoms with van der Waals surface area (Å²) in [6.07, 6.45) is 2.36. The molecule has 0 N–H and O–H groups in total. The van der Waals surface area contributed by atoms with Crippen molar-refractivity contribution in [3.8, 4) is 16.9 Å². The summed E-state index contributed by atoms with van der Waals surface area (Å²) in [6, 6.07) is 12.1. The molecule has 0 saturated carbocycles. The van der Waals surface area contributed by atoms with Crippen molar-refractivity contribution in [3.05, 3.63) is 64.7 Å². The predicted octanol–water partition coefficient (Wildman–Crippen LogP) is 4.03. The summed E-state index contributed by atoms with van der Waals surface area (Å²) >= 11 is 0. The number of fused-ring (bicyclic) bond motifs is 2. The SMILES string of the molecule is COc1c2occc2c(-c2ccc(C=O)cc2)c2ccc(=O)oc12. The van der Waals surface area contributed by atoms with Crippen molar-refractivity contribution < 1.29 is 18.4 Å². The minimum absolute atomic E-state index is 0.335. The van der Waals surface area contributed by atoms with Crippen molar-refractivity contribution in [2.24, 2.45) is 0 Å². The van der Waals surface area contributed by atoms with Crippen LogP contribution in [0, 0.1) is 0 Å². The number of furan rings is 1. The van der Waals surface area contributed by atoms with Crippen LogP contribution in [0.3, 0.4) is 0 Å². The number of benzene rings is 2. The molecular weight excluding hydrogens is 308 g/mol. The summed E-state index contributed by atoms with van der Waals surface area (Å²) in [5, 5.41) is 1.58. The highest BCUT2D eigenvalue weighted by Gasteiger charge is 2.20. The molecular formula is C19H12O5. The number of aldehydes is 1. The van der Waals surface area contributed by atoms with Gasteiger partial charge in [0.1, 0.15) is 6.29 Å². The van der Waals surface area contributed by atoms with Crippen LogP contribution in [0.25, 0.3) is 33.1 Å². The average Bonchev–Trinajstić information content (AvgIpc) is 3.08. The number of rotatable bonds is 3. The van der Waals surface area contributed by atoms with Crippen molar-refractivity contribution in [2.45, 2.75) is 0 Å². The van der Waals surface area contributed by atoms with Gasteiger partial charge < -0.3 is 13.6 Å². The maximum absolute atomic E-state index is 11.7. The third-order valence-electron chi connectivity index (χ3n) is 3.99. The second-order valence-corrected chi connectivity index (χ2v) is 5.31. The van der Waals surface area contributed by atoms with Crippen molar-refractivity contribution in [3.63, 3.8) is 0 Å². The van der Waals surface area contributed by atoms with Gasteiger partial charge in [0.05, 0.1) is 13.4 Å². The molecule has 0 spiro atoms. The maximum Gasteiger partial charge on any atom is 0.336 e. The van der Waals surface area contributed by atoms with Crippen molar-refractivity contribution >= 4 is 28.2 Å². The topological polar surface area (TPSA) is 69.7 Å². The van der Waals surface area contributed by atoms with E-state index in [-0.39, 0.29) is 0 Å². The van der Waals surface area contributed by atoms with Gasteiger partial charge in [-0.05, 0) is 17.7 Å². The second kappa shape index (κ2) is 5.38. The second-order valence-electron chi connectivity index (χ2n) is 5.31. The molecule has 118 valence electrons. The van der Waals surface area contributed by atoms with E-state index in [9.17, 15) is 9.59 Å². The summed E-state index contributed by atoms with van der Waals surface area (Å²) in [6.45, 7) is 0. The van der Waals surface area contributed by atoms with Crippen molar-refractivity contribution in [2.75, 3.05) is 7.11 Å². The van der Waals surface area contributed by atoms with E-state index in [1.54, 1.807) is 24.5 Å². The lowest BCUT2D eigenvalue weighted by molar-refractivity contribution is 0.112. The molecule has 4 aromatic rings. The fraction of sp³-hybridized carbons (Fsp3) is 0.0526. The molecule has 0 fully saturated rings.